The van der Waals surface area contributed by atoms with E-state index in [4.69, 9.17) is 9.16 Å². The topological polar surface area (TPSA) is 38.8 Å². The summed E-state index contributed by atoms with van der Waals surface area (Å²) in [4.78, 5) is 14.3. The SMILES string of the molecule is C=C[C@@]1(O[Si](C)C)C[C@H](C(C)(C)C)CN1C(=O)OCCCC. The Kier molecular flexibility index (Phi) is 6.68. The van der Waals surface area contributed by atoms with E-state index in [0.29, 0.717) is 19.1 Å². The van der Waals surface area contributed by atoms with Gasteiger partial charge in [-0.2, -0.15) is 0 Å². The van der Waals surface area contributed by atoms with Crippen molar-refractivity contribution in [3.05, 3.63) is 12.7 Å². The monoisotopic (exact) mass is 326 g/mol. The van der Waals surface area contributed by atoms with Crippen molar-refractivity contribution in [2.45, 2.75) is 65.8 Å². The minimum atomic E-state index is -0.966. The van der Waals surface area contributed by atoms with Crippen LogP contribution in [0.3, 0.4) is 0 Å². The molecule has 5 heteroatoms. The number of carbonyl (C=O) groups excluding carboxylic acids is 1. The zero-order chi connectivity index (χ0) is 17.0. The average molecular weight is 327 g/mol. The molecule has 1 amide bonds. The van der Waals surface area contributed by atoms with Crippen molar-refractivity contribution in [2.24, 2.45) is 11.3 Å². The molecule has 1 saturated heterocycles. The molecule has 0 saturated carbocycles. The normalized spacial score (nSPS) is 25.6. The summed E-state index contributed by atoms with van der Waals surface area (Å²) < 4.78 is 11.7. The van der Waals surface area contributed by atoms with Crippen LogP contribution in [0.2, 0.25) is 13.1 Å². The second-order valence-electron chi connectivity index (χ2n) is 7.40. The number of likely N-dealkylation sites (tertiary alicyclic amines) is 1. The van der Waals surface area contributed by atoms with Crippen LogP contribution in [0, 0.1) is 11.3 Å². The van der Waals surface area contributed by atoms with Gasteiger partial charge in [0, 0.05) is 13.0 Å². The summed E-state index contributed by atoms with van der Waals surface area (Å²) in [5, 5.41) is 0. The van der Waals surface area contributed by atoms with Gasteiger partial charge in [0.1, 0.15) is 0 Å². The van der Waals surface area contributed by atoms with Gasteiger partial charge < -0.3 is 9.16 Å². The summed E-state index contributed by atoms with van der Waals surface area (Å²) in [5.74, 6) is 0.366. The average Bonchev–Trinajstić information content (AvgIpc) is 2.78. The number of hydrogen-bond acceptors (Lipinski definition) is 3. The van der Waals surface area contributed by atoms with Gasteiger partial charge in [-0.25, -0.2) is 4.79 Å². The first kappa shape index (κ1) is 19.2. The third-order valence-electron chi connectivity index (χ3n) is 4.27. The number of ether oxygens (including phenoxy) is 1. The lowest BCUT2D eigenvalue weighted by Crippen LogP contribution is -2.50. The Morgan fingerprint density at radius 3 is 2.55 bits per heavy atom. The fourth-order valence-corrected chi connectivity index (χ4v) is 3.76. The lowest BCUT2D eigenvalue weighted by Gasteiger charge is -2.36. The summed E-state index contributed by atoms with van der Waals surface area (Å²) in [6, 6.07) is 0. The van der Waals surface area contributed by atoms with E-state index < -0.39 is 14.8 Å². The maximum Gasteiger partial charge on any atom is 0.412 e. The molecule has 0 bridgehead atoms. The van der Waals surface area contributed by atoms with Crippen LogP contribution >= 0.6 is 0 Å². The van der Waals surface area contributed by atoms with Crippen molar-refractivity contribution in [3.8, 4) is 0 Å². The molecule has 1 aliphatic heterocycles. The fraction of sp³-hybridized carbons (Fsp3) is 0.824. The van der Waals surface area contributed by atoms with Crippen LogP contribution < -0.4 is 0 Å². The van der Waals surface area contributed by atoms with E-state index in [1.165, 1.54) is 0 Å². The van der Waals surface area contributed by atoms with Gasteiger partial charge in [-0.3, -0.25) is 4.90 Å². The highest BCUT2D eigenvalue weighted by atomic mass is 28.3. The van der Waals surface area contributed by atoms with Crippen molar-refractivity contribution >= 4 is 15.1 Å². The van der Waals surface area contributed by atoms with Crippen LogP contribution in [0.4, 0.5) is 4.79 Å². The van der Waals surface area contributed by atoms with Gasteiger partial charge in [-0.1, -0.05) is 40.7 Å². The van der Waals surface area contributed by atoms with Crippen molar-refractivity contribution in [1.82, 2.24) is 4.90 Å². The van der Waals surface area contributed by atoms with E-state index in [1.54, 1.807) is 11.0 Å². The highest BCUT2D eigenvalue weighted by Crippen LogP contribution is 2.44. The zero-order valence-electron chi connectivity index (χ0n) is 15.1. The van der Waals surface area contributed by atoms with Crippen molar-refractivity contribution in [1.29, 1.82) is 0 Å². The molecule has 0 aromatic rings. The first-order valence-corrected chi connectivity index (χ1v) is 10.6. The molecule has 1 rings (SSSR count). The van der Waals surface area contributed by atoms with Crippen LogP contribution in [-0.4, -0.2) is 38.9 Å². The zero-order valence-corrected chi connectivity index (χ0v) is 16.1. The molecule has 0 unspecified atom stereocenters. The van der Waals surface area contributed by atoms with Crippen LogP contribution in [0.15, 0.2) is 12.7 Å². The molecule has 0 aromatic carbocycles. The summed E-state index contributed by atoms with van der Waals surface area (Å²) >= 11 is 0. The summed E-state index contributed by atoms with van der Waals surface area (Å²) in [7, 11) is -0.966. The molecule has 1 aliphatic rings. The van der Waals surface area contributed by atoms with Crippen molar-refractivity contribution in [2.75, 3.05) is 13.2 Å². The second kappa shape index (κ2) is 7.64. The van der Waals surface area contributed by atoms with Crippen LogP contribution in [0.1, 0.15) is 47.0 Å². The smallest absolute Gasteiger partial charge is 0.412 e. The predicted octanol–water partition coefficient (Wildman–Crippen LogP) is 4.44. The first-order valence-electron chi connectivity index (χ1n) is 8.23. The van der Waals surface area contributed by atoms with E-state index in [9.17, 15) is 4.79 Å². The summed E-state index contributed by atoms with van der Waals surface area (Å²) in [6.07, 6.45) is 4.21. The van der Waals surface area contributed by atoms with Gasteiger partial charge in [-0.05, 0) is 36.9 Å². The Morgan fingerprint density at radius 2 is 2.09 bits per heavy atom. The number of amides is 1. The van der Waals surface area contributed by atoms with Gasteiger partial charge >= 0.3 is 6.09 Å². The highest BCUT2D eigenvalue weighted by molar-refractivity contribution is 6.48. The molecule has 0 N–H and O–H groups in total. The summed E-state index contributed by atoms with van der Waals surface area (Å²) in [6.45, 7) is 18.0. The van der Waals surface area contributed by atoms with Gasteiger partial charge in [-0.15, -0.1) is 0 Å². The standard InChI is InChI=1S/C17H32NO3Si/c1-8-10-11-20-15(19)18-13-14(16(3,4)5)12-17(18,9-2)21-22(6)7/h9,14H,2,8,10-13H2,1,3-7H3/t14-,17+/m0/s1. The number of hydrogen-bond donors (Lipinski definition) is 0. The lowest BCUT2D eigenvalue weighted by atomic mass is 9.79. The van der Waals surface area contributed by atoms with E-state index in [-0.39, 0.29) is 11.5 Å². The fourth-order valence-electron chi connectivity index (χ4n) is 2.78. The van der Waals surface area contributed by atoms with Gasteiger partial charge in [0.05, 0.1) is 6.61 Å². The first-order chi connectivity index (χ1) is 10.2. The van der Waals surface area contributed by atoms with Crippen LogP contribution in [0.25, 0.3) is 0 Å². The summed E-state index contributed by atoms with van der Waals surface area (Å²) in [5.41, 5.74) is -0.594. The molecule has 2 atom stereocenters. The molecule has 0 spiro atoms. The Bertz CT molecular complexity index is 392. The van der Waals surface area contributed by atoms with E-state index in [0.717, 1.165) is 19.3 Å². The highest BCUT2D eigenvalue weighted by Gasteiger charge is 2.51. The Morgan fingerprint density at radius 1 is 1.45 bits per heavy atom. The molecular formula is C17H32NO3Si. The van der Waals surface area contributed by atoms with Crippen LogP contribution in [-0.2, 0) is 9.16 Å². The van der Waals surface area contributed by atoms with E-state index >= 15 is 0 Å². The Labute approximate surface area is 137 Å². The van der Waals surface area contributed by atoms with Gasteiger partial charge in [0.15, 0.2) is 5.72 Å². The third kappa shape index (κ3) is 4.59. The largest absolute Gasteiger partial charge is 0.449 e. The van der Waals surface area contributed by atoms with Crippen molar-refractivity contribution < 1.29 is 14.0 Å². The Balaban J connectivity index is 2.96. The third-order valence-corrected chi connectivity index (χ3v) is 5.03. The molecular weight excluding hydrogens is 294 g/mol. The number of nitrogens with zero attached hydrogens (tertiary/aromatic N) is 1. The minimum absolute atomic E-state index is 0.116. The molecule has 4 nitrogen and oxygen atoms in total. The van der Waals surface area contributed by atoms with Gasteiger partial charge in [0.2, 0.25) is 9.04 Å². The van der Waals surface area contributed by atoms with Crippen LogP contribution in [0.5, 0.6) is 0 Å². The number of unbranched alkanes of at least 4 members (excludes halogenated alkanes) is 1. The maximum atomic E-state index is 12.5. The molecule has 1 radical (unpaired) electrons. The molecule has 1 heterocycles. The molecule has 127 valence electrons. The van der Waals surface area contributed by atoms with Crippen molar-refractivity contribution in [3.63, 3.8) is 0 Å². The van der Waals surface area contributed by atoms with Gasteiger partial charge in [0.25, 0.3) is 0 Å². The minimum Gasteiger partial charge on any atom is -0.449 e. The number of rotatable bonds is 6. The second-order valence-corrected chi connectivity index (χ2v) is 9.43. The quantitative estimate of drug-likeness (QED) is 0.411. The molecule has 0 aliphatic carbocycles. The van der Waals surface area contributed by atoms with E-state index in [1.807, 2.05) is 0 Å². The van der Waals surface area contributed by atoms with E-state index in [2.05, 4.69) is 47.4 Å². The number of carbonyl (C=O) groups is 1. The predicted molar refractivity (Wildman–Crippen MR) is 92.0 cm³/mol. The Hall–Kier alpha value is -0.813. The molecule has 0 aromatic heterocycles. The lowest BCUT2D eigenvalue weighted by molar-refractivity contribution is -0.0154. The molecule has 22 heavy (non-hydrogen) atoms. The maximum absolute atomic E-state index is 12.5. The molecule has 1 fully saturated rings.